The second-order valence-electron chi connectivity index (χ2n) is 4.85. The van der Waals surface area contributed by atoms with Crippen LogP contribution in [0.15, 0.2) is 24.5 Å². The highest BCUT2D eigenvalue weighted by atomic mass is 35.5. The van der Waals surface area contributed by atoms with E-state index < -0.39 is 0 Å². The van der Waals surface area contributed by atoms with Crippen molar-refractivity contribution in [3.8, 4) is 5.75 Å². The maximum absolute atomic E-state index is 10.3. The van der Waals surface area contributed by atoms with E-state index in [9.17, 15) is 5.11 Å². The molecule has 0 aliphatic carbocycles. The Balaban J connectivity index is 0.00000161. The van der Waals surface area contributed by atoms with Gasteiger partial charge in [0.2, 0.25) is 0 Å². The normalized spacial score (nSPS) is 10.6. The van der Waals surface area contributed by atoms with Crippen LogP contribution in [-0.2, 0) is 6.42 Å². The van der Waals surface area contributed by atoms with E-state index in [0.29, 0.717) is 17.3 Å². The number of anilines is 1. The Kier molecular flexibility index (Phi) is 4.34. The Hall–Kier alpha value is -1.85. The molecule has 2 heterocycles. The van der Waals surface area contributed by atoms with E-state index in [1.165, 1.54) is 11.3 Å². The smallest absolute Gasteiger partial charge is 0.181 e. The molecule has 0 amide bonds. The first-order valence-electron chi connectivity index (χ1n) is 6.34. The molecule has 0 fully saturated rings. The number of aromatic hydroxyl groups is 1. The van der Waals surface area contributed by atoms with Crippen LogP contribution in [0.5, 0.6) is 5.75 Å². The summed E-state index contributed by atoms with van der Waals surface area (Å²) in [4.78, 5) is 8.57. The number of pyridine rings is 1. The van der Waals surface area contributed by atoms with Crippen LogP contribution in [0.1, 0.15) is 22.3 Å². The minimum Gasteiger partial charge on any atom is -0.507 e. The summed E-state index contributed by atoms with van der Waals surface area (Å²) in [5.74, 6) is 0.333. The summed E-state index contributed by atoms with van der Waals surface area (Å²) < 4.78 is 0.962. The average molecular weight is 322 g/mol. The molecule has 110 valence electrons. The molecular formula is C15H16ClN3OS. The summed E-state index contributed by atoms with van der Waals surface area (Å²) in [5.41, 5.74) is 10.5. The summed E-state index contributed by atoms with van der Waals surface area (Å²) in [6, 6.07) is 3.93. The predicted molar refractivity (Wildman–Crippen MR) is 89.5 cm³/mol. The molecule has 0 unspecified atom stereocenters. The molecule has 0 aliphatic rings. The molecule has 3 aromatic rings. The van der Waals surface area contributed by atoms with Crippen LogP contribution in [0.2, 0.25) is 0 Å². The lowest BCUT2D eigenvalue weighted by molar-refractivity contribution is 0.467. The van der Waals surface area contributed by atoms with Gasteiger partial charge in [0, 0.05) is 24.4 Å². The maximum Gasteiger partial charge on any atom is 0.181 e. The quantitative estimate of drug-likeness (QED) is 0.756. The van der Waals surface area contributed by atoms with Crippen LogP contribution in [0.4, 0.5) is 5.13 Å². The Bertz CT molecular complexity index is 787. The third-order valence-corrected chi connectivity index (χ3v) is 4.54. The van der Waals surface area contributed by atoms with Gasteiger partial charge in [0.15, 0.2) is 5.13 Å². The highest BCUT2D eigenvalue weighted by Gasteiger charge is 2.17. The lowest BCUT2D eigenvalue weighted by atomic mass is 9.97. The van der Waals surface area contributed by atoms with Crippen molar-refractivity contribution in [3.05, 3.63) is 46.8 Å². The number of hydrogen-bond acceptors (Lipinski definition) is 5. The monoisotopic (exact) mass is 321 g/mol. The lowest BCUT2D eigenvalue weighted by Gasteiger charge is -2.11. The topological polar surface area (TPSA) is 72.0 Å². The Morgan fingerprint density at radius 1 is 1.29 bits per heavy atom. The predicted octanol–water partition coefficient (Wildman–Crippen LogP) is 3.61. The van der Waals surface area contributed by atoms with Crippen LogP contribution in [-0.4, -0.2) is 15.1 Å². The zero-order valence-electron chi connectivity index (χ0n) is 11.8. The minimum absolute atomic E-state index is 0. The molecule has 0 atom stereocenters. The Morgan fingerprint density at radius 2 is 2.05 bits per heavy atom. The lowest BCUT2D eigenvalue weighted by Crippen LogP contribution is -1.96. The first kappa shape index (κ1) is 15.5. The second kappa shape index (κ2) is 5.87. The Morgan fingerprint density at radius 3 is 2.71 bits per heavy atom. The molecule has 6 heteroatoms. The van der Waals surface area contributed by atoms with Crippen molar-refractivity contribution in [1.82, 2.24) is 9.97 Å². The Labute approximate surface area is 133 Å². The molecule has 0 aliphatic heterocycles. The van der Waals surface area contributed by atoms with E-state index in [0.717, 1.165) is 32.5 Å². The van der Waals surface area contributed by atoms with Crippen LogP contribution in [0, 0.1) is 13.8 Å². The van der Waals surface area contributed by atoms with Gasteiger partial charge in [0.05, 0.1) is 10.2 Å². The maximum atomic E-state index is 10.3. The van der Waals surface area contributed by atoms with Crippen molar-refractivity contribution in [2.24, 2.45) is 0 Å². The molecule has 0 saturated carbocycles. The van der Waals surface area contributed by atoms with Gasteiger partial charge in [-0.3, -0.25) is 4.98 Å². The third-order valence-electron chi connectivity index (χ3n) is 3.54. The number of halogens is 1. The molecule has 0 spiro atoms. The molecule has 1 aromatic carbocycles. The first-order chi connectivity index (χ1) is 9.58. The van der Waals surface area contributed by atoms with Crippen molar-refractivity contribution >= 4 is 39.1 Å². The summed E-state index contributed by atoms with van der Waals surface area (Å²) >= 11 is 1.42. The molecular weight excluding hydrogens is 306 g/mol. The van der Waals surface area contributed by atoms with Crippen molar-refractivity contribution in [3.63, 3.8) is 0 Å². The largest absolute Gasteiger partial charge is 0.507 e. The number of nitrogens with zero attached hydrogens (tertiary/aromatic N) is 2. The van der Waals surface area contributed by atoms with E-state index in [4.69, 9.17) is 5.73 Å². The number of fused-ring (bicyclic) bond motifs is 1. The molecule has 3 N–H and O–H groups in total. The molecule has 4 nitrogen and oxygen atoms in total. The van der Waals surface area contributed by atoms with Crippen molar-refractivity contribution in [2.45, 2.75) is 20.3 Å². The van der Waals surface area contributed by atoms with Crippen LogP contribution >= 0.6 is 23.7 Å². The number of aromatic nitrogens is 2. The van der Waals surface area contributed by atoms with Gasteiger partial charge in [-0.05, 0) is 36.6 Å². The number of nitrogen functional groups attached to an aromatic ring is 1. The highest BCUT2D eigenvalue weighted by molar-refractivity contribution is 7.22. The SMILES string of the molecule is Cc1c(O)c(C)c2sc(N)nc2c1Cc1cccnc1.Cl. The molecule has 21 heavy (non-hydrogen) atoms. The van der Waals surface area contributed by atoms with Crippen LogP contribution in [0.25, 0.3) is 10.2 Å². The van der Waals surface area contributed by atoms with Gasteiger partial charge < -0.3 is 10.8 Å². The number of phenolic OH excluding ortho intramolecular Hbond substituents is 1. The fourth-order valence-corrected chi connectivity index (χ4v) is 3.29. The molecule has 3 rings (SSSR count). The highest BCUT2D eigenvalue weighted by Crippen LogP contribution is 2.38. The van der Waals surface area contributed by atoms with Gasteiger partial charge in [-0.15, -0.1) is 12.4 Å². The van der Waals surface area contributed by atoms with E-state index in [1.54, 1.807) is 6.20 Å². The third kappa shape index (κ3) is 2.66. The number of nitrogens with two attached hydrogens (primary N) is 1. The van der Waals surface area contributed by atoms with Gasteiger partial charge in [0.25, 0.3) is 0 Å². The summed E-state index contributed by atoms with van der Waals surface area (Å²) in [6.45, 7) is 3.82. The van der Waals surface area contributed by atoms with E-state index >= 15 is 0 Å². The minimum atomic E-state index is 0. The van der Waals surface area contributed by atoms with Crippen LogP contribution < -0.4 is 5.73 Å². The van der Waals surface area contributed by atoms with E-state index in [2.05, 4.69) is 9.97 Å². The van der Waals surface area contributed by atoms with Crippen molar-refractivity contribution in [1.29, 1.82) is 0 Å². The van der Waals surface area contributed by atoms with E-state index in [1.807, 2.05) is 32.2 Å². The number of phenols is 1. The number of aryl methyl sites for hydroxylation is 1. The number of rotatable bonds is 2. The van der Waals surface area contributed by atoms with Crippen LogP contribution in [0.3, 0.4) is 0 Å². The summed E-state index contributed by atoms with van der Waals surface area (Å²) in [7, 11) is 0. The van der Waals surface area contributed by atoms with E-state index in [-0.39, 0.29) is 12.4 Å². The number of hydrogen-bond donors (Lipinski definition) is 2. The number of thiazole rings is 1. The molecule has 0 saturated heterocycles. The standard InChI is InChI=1S/C15H15N3OS.ClH/c1-8-11(6-10-4-3-5-17-7-10)12-14(9(2)13(8)19)20-15(16)18-12;/h3-5,7,19H,6H2,1-2H3,(H2,16,18);1H. The fraction of sp³-hybridized carbons (Fsp3) is 0.200. The van der Waals surface area contributed by atoms with Gasteiger partial charge in [-0.1, -0.05) is 17.4 Å². The first-order valence-corrected chi connectivity index (χ1v) is 7.15. The van der Waals surface area contributed by atoms with Crippen molar-refractivity contribution in [2.75, 3.05) is 5.73 Å². The average Bonchev–Trinajstić information content (AvgIpc) is 2.84. The zero-order chi connectivity index (χ0) is 14.3. The van der Waals surface area contributed by atoms with Gasteiger partial charge in [0.1, 0.15) is 5.75 Å². The molecule has 0 bridgehead atoms. The molecule has 2 aromatic heterocycles. The second-order valence-corrected chi connectivity index (χ2v) is 5.88. The fourth-order valence-electron chi connectivity index (χ4n) is 2.43. The molecule has 0 radical (unpaired) electrons. The summed E-state index contributed by atoms with van der Waals surface area (Å²) in [5, 5.41) is 10.8. The summed E-state index contributed by atoms with van der Waals surface area (Å²) in [6.07, 6.45) is 4.27. The zero-order valence-corrected chi connectivity index (χ0v) is 13.4. The number of benzene rings is 1. The van der Waals surface area contributed by atoms with Crippen molar-refractivity contribution < 1.29 is 5.11 Å². The van der Waals surface area contributed by atoms with Gasteiger partial charge in [-0.2, -0.15) is 0 Å². The van der Waals surface area contributed by atoms with Gasteiger partial charge in [-0.25, -0.2) is 4.98 Å². The van der Waals surface area contributed by atoms with Gasteiger partial charge >= 0.3 is 0 Å².